The second-order valence-electron chi connectivity index (χ2n) is 2.96. The van der Waals surface area contributed by atoms with Crippen molar-refractivity contribution < 1.29 is 18.7 Å². The molecule has 0 aliphatic carbocycles. The molecule has 0 atom stereocenters. The summed E-state index contributed by atoms with van der Waals surface area (Å²) in [4.78, 5) is 14.3. The highest BCUT2D eigenvalue weighted by atomic mass is 79.9. The number of carboxylic acid groups (broad SMARTS) is 1. The number of alkyl halides is 3. The Balaban J connectivity index is 3.20. The van der Waals surface area contributed by atoms with Crippen molar-refractivity contribution in [1.82, 2.24) is 4.98 Å². The van der Waals surface area contributed by atoms with Crippen molar-refractivity contribution in [3.8, 4) is 0 Å². The number of pyridine rings is 1. The van der Waals surface area contributed by atoms with E-state index in [1.165, 1.54) is 6.07 Å². The number of rotatable bonds is 4. The van der Waals surface area contributed by atoms with Gasteiger partial charge in [-0.1, -0.05) is 15.9 Å². The summed E-state index contributed by atoms with van der Waals surface area (Å²) in [7, 11) is 0. The van der Waals surface area contributed by atoms with Gasteiger partial charge in [0.25, 0.3) is 6.43 Å². The van der Waals surface area contributed by atoms with Crippen molar-refractivity contribution in [2.45, 2.75) is 18.7 Å². The molecule has 7 heteroatoms. The molecule has 0 aromatic carbocycles. The van der Waals surface area contributed by atoms with Crippen LogP contribution in [-0.4, -0.2) is 16.1 Å². The van der Waals surface area contributed by atoms with Crippen molar-refractivity contribution >= 4 is 33.5 Å². The number of carbonyl (C=O) groups is 1. The van der Waals surface area contributed by atoms with E-state index in [0.29, 0.717) is 0 Å². The molecule has 1 aromatic heterocycles. The minimum atomic E-state index is -2.70. The number of carboxylic acids is 1. The molecule has 3 nitrogen and oxygen atoms in total. The van der Waals surface area contributed by atoms with Crippen LogP contribution in [0.4, 0.5) is 8.78 Å². The Morgan fingerprint density at radius 1 is 1.62 bits per heavy atom. The maximum Gasteiger partial charge on any atom is 0.309 e. The molecule has 0 aliphatic heterocycles. The first-order chi connectivity index (χ1) is 7.45. The van der Waals surface area contributed by atoms with Crippen LogP contribution in [0, 0.1) is 0 Å². The van der Waals surface area contributed by atoms with Gasteiger partial charge in [0, 0.05) is 4.47 Å². The van der Waals surface area contributed by atoms with Gasteiger partial charge in [-0.15, -0.1) is 11.6 Å². The molecule has 16 heavy (non-hydrogen) atoms. The number of hydrogen-bond donors (Lipinski definition) is 1. The Morgan fingerprint density at radius 3 is 2.69 bits per heavy atom. The van der Waals surface area contributed by atoms with Gasteiger partial charge in [-0.2, -0.15) is 0 Å². The zero-order valence-corrected chi connectivity index (χ0v) is 10.2. The molecule has 0 saturated heterocycles. The van der Waals surface area contributed by atoms with Crippen LogP contribution >= 0.6 is 27.5 Å². The van der Waals surface area contributed by atoms with Gasteiger partial charge in [-0.25, -0.2) is 8.78 Å². The third kappa shape index (κ3) is 3.12. The lowest BCUT2D eigenvalue weighted by atomic mass is 10.1. The fraction of sp³-hybridized carbons (Fsp3) is 0.333. The average Bonchev–Trinajstić information content (AvgIpc) is 2.14. The predicted octanol–water partition coefficient (Wildman–Crippen LogP) is 3.15. The molecule has 0 aliphatic rings. The summed E-state index contributed by atoms with van der Waals surface area (Å²) in [5.74, 6) is -1.27. The highest BCUT2D eigenvalue weighted by molar-refractivity contribution is 9.10. The lowest BCUT2D eigenvalue weighted by Crippen LogP contribution is -2.06. The van der Waals surface area contributed by atoms with Crippen LogP contribution in [0.3, 0.4) is 0 Å². The molecule has 0 spiro atoms. The number of nitrogens with zero attached hydrogens (tertiary/aromatic N) is 1. The van der Waals surface area contributed by atoms with E-state index >= 15 is 0 Å². The predicted molar refractivity (Wildman–Crippen MR) is 57.8 cm³/mol. The van der Waals surface area contributed by atoms with E-state index in [-0.39, 0.29) is 33.7 Å². The first-order valence-corrected chi connectivity index (χ1v) is 5.52. The average molecular weight is 315 g/mol. The summed E-state index contributed by atoms with van der Waals surface area (Å²) < 4.78 is 25.4. The van der Waals surface area contributed by atoms with Crippen LogP contribution in [0.1, 0.15) is 23.4 Å². The maximum atomic E-state index is 12.6. The normalized spacial score (nSPS) is 10.8. The fourth-order valence-electron chi connectivity index (χ4n) is 1.21. The van der Waals surface area contributed by atoms with Gasteiger partial charge < -0.3 is 5.11 Å². The quantitative estimate of drug-likeness (QED) is 0.869. The minimum absolute atomic E-state index is 0.00212. The summed E-state index contributed by atoms with van der Waals surface area (Å²) in [6.07, 6.45) is -3.03. The summed E-state index contributed by atoms with van der Waals surface area (Å²) >= 11 is 8.45. The highest BCUT2D eigenvalue weighted by Crippen LogP contribution is 2.31. The van der Waals surface area contributed by atoms with E-state index in [1.807, 2.05) is 0 Å². The Morgan fingerprint density at radius 2 is 2.25 bits per heavy atom. The van der Waals surface area contributed by atoms with E-state index in [4.69, 9.17) is 16.7 Å². The van der Waals surface area contributed by atoms with Gasteiger partial charge >= 0.3 is 5.97 Å². The van der Waals surface area contributed by atoms with Crippen LogP contribution in [0.15, 0.2) is 10.5 Å². The van der Waals surface area contributed by atoms with Crippen molar-refractivity contribution in [1.29, 1.82) is 0 Å². The lowest BCUT2D eigenvalue weighted by molar-refractivity contribution is -0.136. The summed E-state index contributed by atoms with van der Waals surface area (Å²) in [6, 6.07) is 1.27. The molecule has 1 aromatic rings. The number of halogens is 4. The lowest BCUT2D eigenvalue weighted by Gasteiger charge is -2.09. The zero-order valence-electron chi connectivity index (χ0n) is 7.88. The molecule has 0 radical (unpaired) electrons. The third-order valence-corrected chi connectivity index (χ3v) is 2.73. The first kappa shape index (κ1) is 13.3. The van der Waals surface area contributed by atoms with Crippen LogP contribution in [0.5, 0.6) is 0 Å². The van der Waals surface area contributed by atoms with Crippen molar-refractivity contribution in [2.75, 3.05) is 0 Å². The van der Waals surface area contributed by atoms with Gasteiger partial charge in [0.2, 0.25) is 0 Å². The summed E-state index contributed by atoms with van der Waals surface area (Å²) in [5.41, 5.74) is -0.0918. The number of aromatic nitrogens is 1. The Kier molecular flexibility index (Phi) is 4.61. The second kappa shape index (κ2) is 5.54. The van der Waals surface area contributed by atoms with Crippen molar-refractivity contribution in [3.05, 3.63) is 27.5 Å². The van der Waals surface area contributed by atoms with Gasteiger partial charge in [0.1, 0.15) is 0 Å². The summed E-state index contributed by atoms with van der Waals surface area (Å²) in [5, 5.41) is 8.56. The van der Waals surface area contributed by atoms with Gasteiger partial charge in [-0.05, 0) is 6.07 Å². The Hall–Kier alpha value is -0.750. The van der Waals surface area contributed by atoms with E-state index in [2.05, 4.69) is 20.9 Å². The highest BCUT2D eigenvalue weighted by Gasteiger charge is 2.19. The maximum absolute atomic E-state index is 12.6. The van der Waals surface area contributed by atoms with Gasteiger partial charge in [0.15, 0.2) is 0 Å². The van der Waals surface area contributed by atoms with E-state index in [1.54, 1.807) is 0 Å². The third-order valence-electron chi connectivity index (χ3n) is 1.82. The van der Waals surface area contributed by atoms with Gasteiger partial charge in [0.05, 0.1) is 29.3 Å². The van der Waals surface area contributed by atoms with E-state index in [0.717, 1.165) is 0 Å². The number of hydrogen-bond acceptors (Lipinski definition) is 2. The molecular weight excluding hydrogens is 307 g/mol. The molecule has 0 amide bonds. The minimum Gasteiger partial charge on any atom is -0.481 e. The van der Waals surface area contributed by atoms with Crippen molar-refractivity contribution in [2.24, 2.45) is 0 Å². The molecule has 0 unspecified atom stereocenters. The first-order valence-electron chi connectivity index (χ1n) is 4.19. The molecule has 1 rings (SSSR count). The molecule has 0 fully saturated rings. The topological polar surface area (TPSA) is 50.2 Å². The van der Waals surface area contributed by atoms with E-state index < -0.39 is 12.4 Å². The largest absolute Gasteiger partial charge is 0.481 e. The smallest absolute Gasteiger partial charge is 0.309 e. The van der Waals surface area contributed by atoms with Crippen molar-refractivity contribution in [3.63, 3.8) is 0 Å². The molecular formula is C9H7BrClF2NO2. The number of aliphatic carboxylic acids is 1. The van der Waals surface area contributed by atoms with Crippen LogP contribution in [0.2, 0.25) is 0 Å². The molecule has 88 valence electrons. The van der Waals surface area contributed by atoms with Crippen LogP contribution in [-0.2, 0) is 17.1 Å². The second-order valence-corrected chi connectivity index (χ2v) is 4.08. The fourth-order valence-corrected chi connectivity index (χ4v) is 2.08. The van der Waals surface area contributed by atoms with E-state index in [9.17, 15) is 13.6 Å². The standard InChI is InChI=1S/C9H7BrClF2NO2/c10-5-1-4(2-7(15)16)14-6(3-11)8(5)9(12)13/h1,9H,2-3H2,(H,15,16). The molecule has 1 N–H and O–H groups in total. The van der Waals surface area contributed by atoms with Crippen LogP contribution < -0.4 is 0 Å². The Bertz CT molecular complexity index is 415. The SMILES string of the molecule is O=C(O)Cc1cc(Br)c(C(F)F)c(CCl)n1. The van der Waals surface area contributed by atoms with Gasteiger partial charge in [-0.3, -0.25) is 9.78 Å². The summed E-state index contributed by atoms with van der Waals surface area (Å²) in [6.45, 7) is 0. The van der Waals surface area contributed by atoms with Crippen LogP contribution in [0.25, 0.3) is 0 Å². The zero-order chi connectivity index (χ0) is 12.3. The monoisotopic (exact) mass is 313 g/mol. The molecule has 0 saturated carbocycles. The molecule has 1 heterocycles. The molecule has 0 bridgehead atoms. The Labute approximate surface area is 104 Å².